The largest absolute Gasteiger partial charge is 0.295 e. The van der Waals surface area contributed by atoms with Gasteiger partial charge in [0.15, 0.2) is 0 Å². The van der Waals surface area contributed by atoms with Crippen molar-refractivity contribution in [3.05, 3.63) is 60.7 Å². The summed E-state index contributed by atoms with van der Waals surface area (Å²) in [6, 6.07) is 19.2. The molecule has 0 aliphatic heterocycles. The monoisotopic (exact) mass is 259 g/mol. The summed E-state index contributed by atoms with van der Waals surface area (Å²) in [6.07, 6.45) is -0.0367. The second-order valence-electron chi connectivity index (χ2n) is 4.30. The zero-order chi connectivity index (χ0) is 13.0. The highest BCUT2D eigenvalue weighted by Crippen LogP contribution is 2.51. The van der Waals surface area contributed by atoms with Crippen LogP contribution in [0.5, 0.6) is 0 Å². The first-order valence-corrected chi connectivity index (χ1v) is 7.48. The molecular formula is C15H17NOS. The van der Waals surface area contributed by atoms with Gasteiger partial charge in [0.2, 0.25) is 0 Å². The molecule has 0 aromatic heterocycles. The minimum atomic E-state index is -2.40. The fourth-order valence-electron chi connectivity index (χ4n) is 1.74. The smallest absolute Gasteiger partial charge is 0.0969 e. The van der Waals surface area contributed by atoms with Gasteiger partial charge < -0.3 is 0 Å². The van der Waals surface area contributed by atoms with E-state index >= 15 is 0 Å². The Hall–Kier alpha value is -1.54. The summed E-state index contributed by atoms with van der Waals surface area (Å²) in [5.74, 6) is 0. The van der Waals surface area contributed by atoms with Crippen molar-refractivity contribution in [2.75, 3.05) is 0 Å². The van der Waals surface area contributed by atoms with Crippen LogP contribution in [0, 0.1) is 4.61 Å². The van der Waals surface area contributed by atoms with E-state index in [0.29, 0.717) is 0 Å². The van der Waals surface area contributed by atoms with Crippen LogP contribution in [0.2, 0.25) is 0 Å². The predicted octanol–water partition coefficient (Wildman–Crippen LogP) is 4.73. The molecular weight excluding hydrogens is 242 g/mol. The lowest BCUT2D eigenvalue weighted by Gasteiger charge is -2.22. The van der Waals surface area contributed by atoms with Gasteiger partial charge in [-0.05, 0) is 38.1 Å². The van der Waals surface area contributed by atoms with Gasteiger partial charge in [-0.25, -0.2) is 0 Å². The van der Waals surface area contributed by atoms with Gasteiger partial charge in [-0.2, -0.15) is 4.61 Å². The molecule has 2 rings (SSSR count). The second kappa shape index (κ2) is 5.40. The molecule has 2 aromatic rings. The van der Waals surface area contributed by atoms with E-state index in [2.05, 4.69) is 0 Å². The zero-order valence-corrected chi connectivity index (χ0v) is 11.4. The van der Waals surface area contributed by atoms with Crippen molar-refractivity contribution >= 4 is 9.94 Å². The quantitative estimate of drug-likeness (QED) is 0.741. The van der Waals surface area contributed by atoms with Gasteiger partial charge in [-0.3, -0.25) is 4.18 Å². The van der Waals surface area contributed by atoms with E-state index in [1.807, 2.05) is 74.5 Å². The molecule has 0 atom stereocenters. The van der Waals surface area contributed by atoms with Crippen LogP contribution in [0.25, 0.3) is 0 Å². The Kier molecular flexibility index (Phi) is 3.87. The average molecular weight is 259 g/mol. The van der Waals surface area contributed by atoms with E-state index in [4.69, 9.17) is 4.18 Å². The summed E-state index contributed by atoms with van der Waals surface area (Å²) in [5, 5.41) is 0. The van der Waals surface area contributed by atoms with E-state index in [1.54, 1.807) is 0 Å². The lowest BCUT2D eigenvalue weighted by molar-refractivity contribution is 0.278. The van der Waals surface area contributed by atoms with Crippen LogP contribution >= 0.6 is 9.94 Å². The number of hydrogen-bond donors (Lipinski definition) is 0. The van der Waals surface area contributed by atoms with Crippen LogP contribution in [-0.2, 0) is 4.18 Å². The molecule has 0 bridgehead atoms. The topological polar surface area (TPSA) is 33.0 Å². The van der Waals surface area contributed by atoms with Crippen molar-refractivity contribution in [2.45, 2.75) is 29.7 Å². The molecule has 0 spiro atoms. The van der Waals surface area contributed by atoms with Gasteiger partial charge in [-0.15, -0.1) is 0 Å². The molecule has 0 amide bonds. The predicted molar refractivity (Wildman–Crippen MR) is 75.0 cm³/mol. The number of hydrogen-bond acceptors (Lipinski definition) is 2. The molecule has 2 nitrogen and oxygen atoms in total. The van der Waals surface area contributed by atoms with Crippen molar-refractivity contribution in [3.63, 3.8) is 0 Å². The molecule has 0 fully saturated rings. The lowest BCUT2D eigenvalue weighted by atomic mass is 10.4. The standard InChI is InChI=1S/C15H17NOS/c1-13(2)17-18(16,14-9-5-3-6-10-14)15-11-7-4-8-12-15/h3-13H,1-2H3. The zero-order valence-electron chi connectivity index (χ0n) is 10.6. The first kappa shape index (κ1) is 12.9. The van der Waals surface area contributed by atoms with Gasteiger partial charge in [0.05, 0.1) is 25.8 Å². The molecule has 2 aromatic carbocycles. The van der Waals surface area contributed by atoms with Crippen molar-refractivity contribution in [1.29, 1.82) is 4.61 Å². The third-order valence-electron chi connectivity index (χ3n) is 2.46. The fraction of sp³-hybridized carbons (Fsp3) is 0.200. The summed E-state index contributed by atoms with van der Waals surface area (Å²) in [5.41, 5.74) is 0. The van der Waals surface area contributed by atoms with Crippen molar-refractivity contribution in [2.24, 2.45) is 0 Å². The third kappa shape index (κ3) is 2.65. The molecule has 0 radical (unpaired) electrons. The molecule has 94 valence electrons. The maximum atomic E-state index is 11.0. The SMILES string of the molecule is CC(C)OS(#N)(c1ccccc1)c1ccccc1. The molecule has 0 unspecified atom stereocenters. The van der Waals surface area contributed by atoms with Crippen molar-refractivity contribution in [1.82, 2.24) is 0 Å². The highest BCUT2D eigenvalue weighted by atomic mass is 32.2. The van der Waals surface area contributed by atoms with Crippen LogP contribution in [0.15, 0.2) is 70.5 Å². The Bertz CT molecular complexity index is 550. The van der Waals surface area contributed by atoms with Crippen LogP contribution in [0.1, 0.15) is 13.8 Å². The lowest BCUT2D eigenvalue weighted by Crippen LogP contribution is -2.03. The van der Waals surface area contributed by atoms with E-state index in [9.17, 15) is 4.61 Å². The Morgan fingerprint density at radius 3 is 1.56 bits per heavy atom. The van der Waals surface area contributed by atoms with Crippen LogP contribution < -0.4 is 0 Å². The second-order valence-corrected chi connectivity index (χ2v) is 6.48. The van der Waals surface area contributed by atoms with Gasteiger partial charge in [0.1, 0.15) is 0 Å². The van der Waals surface area contributed by atoms with Gasteiger partial charge in [-0.1, -0.05) is 36.4 Å². The highest BCUT2D eigenvalue weighted by Gasteiger charge is 2.22. The molecule has 0 N–H and O–H groups in total. The van der Waals surface area contributed by atoms with Crippen molar-refractivity contribution < 1.29 is 4.18 Å². The minimum Gasteiger partial charge on any atom is -0.295 e. The van der Waals surface area contributed by atoms with E-state index in [-0.39, 0.29) is 6.10 Å². The first-order chi connectivity index (χ1) is 8.63. The molecule has 18 heavy (non-hydrogen) atoms. The summed E-state index contributed by atoms with van der Waals surface area (Å²) in [7, 11) is -2.40. The molecule has 3 heteroatoms. The van der Waals surface area contributed by atoms with E-state index < -0.39 is 9.94 Å². The van der Waals surface area contributed by atoms with Crippen LogP contribution in [0.3, 0.4) is 0 Å². The summed E-state index contributed by atoms with van der Waals surface area (Å²) >= 11 is 0. The molecule has 0 aliphatic rings. The molecule has 0 saturated carbocycles. The van der Waals surface area contributed by atoms with Crippen molar-refractivity contribution in [3.8, 4) is 0 Å². The minimum absolute atomic E-state index is 0.0367. The normalized spacial score (nSPS) is 11.7. The summed E-state index contributed by atoms with van der Waals surface area (Å²) in [4.78, 5) is 1.65. The molecule has 0 heterocycles. The third-order valence-corrected chi connectivity index (χ3v) is 4.94. The average Bonchev–Trinajstić information content (AvgIpc) is 2.40. The Morgan fingerprint density at radius 1 is 0.833 bits per heavy atom. The number of rotatable bonds is 1. The summed E-state index contributed by atoms with van der Waals surface area (Å²) < 4.78 is 16.8. The highest BCUT2D eigenvalue weighted by molar-refractivity contribution is 8.17. The van der Waals surface area contributed by atoms with Gasteiger partial charge in [0.25, 0.3) is 0 Å². The molecule has 0 saturated heterocycles. The summed E-state index contributed by atoms with van der Waals surface area (Å²) in [6.45, 7) is 3.87. The first-order valence-electron chi connectivity index (χ1n) is 5.97. The Balaban J connectivity index is 2.53. The Labute approximate surface area is 109 Å². The Morgan fingerprint density at radius 2 is 1.22 bits per heavy atom. The maximum Gasteiger partial charge on any atom is 0.0969 e. The maximum absolute atomic E-state index is 11.0. The van der Waals surface area contributed by atoms with Gasteiger partial charge in [0, 0.05) is 0 Å². The van der Waals surface area contributed by atoms with Crippen LogP contribution in [0.4, 0.5) is 0 Å². The number of nitrogens with zero attached hydrogens (tertiary/aromatic N) is 1. The van der Waals surface area contributed by atoms with Crippen LogP contribution in [-0.4, -0.2) is 6.10 Å². The molecule has 0 aliphatic carbocycles. The fourth-order valence-corrected chi connectivity index (χ4v) is 3.84. The number of benzene rings is 2. The van der Waals surface area contributed by atoms with E-state index in [0.717, 1.165) is 9.79 Å². The van der Waals surface area contributed by atoms with E-state index in [1.165, 1.54) is 0 Å². The van der Waals surface area contributed by atoms with Gasteiger partial charge >= 0.3 is 0 Å².